The van der Waals surface area contributed by atoms with Crippen molar-refractivity contribution in [2.45, 2.75) is 72.6 Å². The van der Waals surface area contributed by atoms with Gasteiger partial charge in [-0.15, -0.1) is 0 Å². The minimum absolute atomic E-state index is 0.0508. The number of carbonyl (C=O) groups excluding carboxylic acids is 2. The van der Waals surface area contributed by atoms with Gasteiger partial charge in [-0.25, -0.2) is 0 Å². The molecule has 0 bridgehead atoms. The quantitative estimate of drug-likeness (QED) is 0.376. The van der Waals surface area contributed by atoms with Crippen LogP contribution in [0.15, 0.2) is 23.3 Å². The largest absolute Gasteiger partial charge is 0.468 e. The molecule has 0 radical (unpaired) electrons. The van der Waals surface area contributed by atoms with Gasteiger partial charge in [0.1, 0.15) is 11.7 Å². The number of allylic oxidation sites excluding steroid dienone is 4. The van der Waals surface area contributed by atoms with Crippen LogP contribution in [-0.2, 0) is 14.3 Å². The Morgan fingerprint density at radius 2 is 1.96 bits per heavy atom. The van der Waals surface area contributed by atoms with Crippen LogP contribution in [0.5, 0.6) is 0 Å². The lowest BCUT2D eigenvalue weighted by Crippen LogP contribution is -2.43. The lowest BCUT2D eigenvalue weighted by molar-refractivity contribution is -0.157. The van der Waals surface area contributed by atoms with Crippen molar-refractivity contribution >= 4 is 11.8 Å². The summed E-state index contributed by atoms with van der Waals surface area (Å²) in [6, 6.07) is 0. The number of hydrogen-bond acceptors (Lipinski definition) is 3. The zero-order chi connectivity index (χ0) is 17.5. The van der Waals surface area contributed by atoms with E-state index in [2.05, 4.69) is 39.8 Å². The molecular weight excluding hydrogens is 288 g/mol. The molecule has 3 nitrogen and oxygen atoms in total. The van der Waals surface area contributed by atoms with Gasteiger partial charge in [0.15, 0.2) is 0 Å². The fraction of sp³-hybridized carbons (Fsp3) is 0.700. The average molecular weight is 320 g/mol. The molecule has 0 amide bonds. The molecule has 0 aromatic rings. The van der Waals surface area contributed by atoms with Crippen LogP contribution in [0.2, 0.25) is 0 Å². The molecule has 0 saturated heterocycles. The molecule has 1 saturated carbocycles. The number of ketones is 1. The molecule has 1 fully saturated rings. The smallest absolute Gasteiger partial charge is 0.316 e. The Hall–Kier alpha value is -1.38. The van der Waals surface area contributed by atoms with E-state index >= 15 is 0 Å². The molecular formula is C20H32O3. The van der Waals surface area contributed by atoms with Gasteiger partial charge in [-0.1, -0.05) is 30.2 Å². The summed E-state index contributed by atoms with van der Waals surface area (Å²) >= 11 is 0. The highest BCUT2D eigenvalue weighted by atomic mass is 16.5. The van der Waals surface area contributed by atoms with Crippen molar-refractivity contribution in [3.05, 3.63) is 23.3 Å². The predicted molar refractivity (Wildman–Crippen MR) is 94.1 cm³/mol. The van der Waals surface area contributed by atoms with Crippen LogP contribution in [0.4, 0.5) is 0 Å². The van der Waals surface area contributed by atoms with E-state index in [1.165, 1.54) is 18.3 Å². The van der Waals surface area contributed by atoms with E-state index in [0.29, 0.717) is 6.42 Å². The minimum atomic E-state index is -0.583. The molecule has 0 spiro atoms. The number of ether oxygens (including phenoxy) is 1. The SMILES string of the molecule is COC(=O)C1C(=O)CCCC1(C)CC/C=C(/C)CCC=C(C)C. The fourth-order valence-electron chi connectivity index (χ4n) is 3.49. The second kappa shape index (κ2) is 9.05. The van der Waals surface area contributed by atoms with E-state index in [9.17, 15) is 9.59 Å². The first kappa shape index (κ1) is 19.7. The zero-order valence-electron chi connectivity index (χ0n) is 15.4. The van der Waals surface area contributed by atoms with Gasteiger partial charge in [0, 0.05) is 6.42 Å². The van der Waals surface area contributed by atoms with Crippen LogP contribution < -0.4 is 0 Å². The van der Waals surface area contributed by atoms with Crippen molar-refractivity contribution < 1.29 is 14.3 Å². The standard InChI is InChI=1S/C20H32O3/c1-15(2)9-6-10-16(3)11-7-13-20(4)14-8-12-17(21)18(20)19(22)23-5/h9,11,18H,6-8,10,12-14H2,1-5H3/b16-11-. The van der Waals surface area contributed by atoms with Crippen LogP contribution >= 0.6 is 0 Å². The molecule has 1 rings (SSSR count). The molecule has 1 aliphatic carbocycles. The van der Waals surface area contributed by atoms with Crippen LogP contribution in [0.25, 0.3) is 0 Å². The van der Waals surface area contributed by atoms with Crippen molar-refractivity contribution in [1.29, 1.82) is 0 Å². The Morgan fingerprint density at radius 1 is 1.26 bits per heavy atom. The van der Waals surface area contributed by atoms with E-state index in [4.69, 9.17) is 4.74 Å². The van der Waals surface area contributed by atoms with Gasteiger partial charge in [-0.2, -0.15) is 0 Å². The molecule has 0 aliphatic heterocycles. The van der Waals surface area contributed by atoms with E-state index < -0.39 is 5.92 Å². The van der Waals surface area contributed by atoms with Crippen LogP contribution in [0, 0.1) is 11.3 Å². The lowest BCUT2D eigenvalue weighted by atomic mass is 9.64. The summed E-state index contributed by atoms with van der Waals surface area (Å²) in [6.45, 7) is 8.46. The summed E-state index contributed by atoms with van der Waals surface area (Å²) < 4.78 is 4.88. The average Bonchev–Trinajstić information content (AvgIpc) is 2.46. The molecule has 0 aromatic carbocycles. The molecule has 23 heavy (non-hydrogen) atoms. The van der Waals surface area contributed by atoms with Gasteiger partial charge in [-0.05, 0) is 64.7 Å². The number of esters is 1. The monoisotopic (exact) mass is 320 g/mol. The number of Topliss-reactive ketones (excluding diaryl/α,β-unsaturated/α-hetero) is 1. The van der Waals surface area contributed by atoms with Gasteiger partial charge in [0.25, 0.3) is 0 Å². The minimum Gasteiger partial charge on any atom is -0.468 e. The summed E-state index contributed by atoms with van der Waals surface area (Å²) in [4.78, 5) is 24.2. The van der Waals surface area contributed by atoms with Crippen molar-refractivity contribution in [2.75, 3.05) is 7.11 Å². The maximum Gasteiger partial charge on any atom is 0.316 e. The summed E-state index contributed by atoms with van der Waals surface area (Å²) in [6.07, 6.45) is 10.7. The van der Waals surface area contributed by atoms with Gasteiger partial charge >= 0.3 is 5.97 Å². The first-order valence-corrected chi connectivity index (χ1v) is 8.69. The second-order valence-electron chi connectivity index (χ2n) is 7.34. The lowest BCUT2D eigenvalue weighted by Gasteiger charge is -2.38. The molecule has 2 atom stereocenters. The molecule has 0 N–H and O–H groups in total. The maximum absolute atomic E-state index is 12.2. The van der Waals surface area contributed by atoms with E-state index in [1.807, 2.05) is 0 Å². The molecule has 2 unspecified atom stereocenters. The summed E-state index contributed by atoms with van der Waals surface area (Å²) in [7, 11) is 1.37. The highest BCUT2D eigenvalue weighted by Crippen LogP contribution is 2.43. The second-order valence-corrected chi connectivity index (χ2v) is 7.34. The highest BCUT2D eigenvalue weighted by Gasteiger charge is 2.46. The van der Waals surface area contributed by atoms with Crippen molar-refractivity contribution in [2.24, 2.45) is 11.3 Å². The summed E-state index contributed by atoms with van der Waals surface area (Å²) in [5, 5.41) is 0. The summed E-state index contributed by atoms with van der Waals surface area (Å²) in [5.74, 6) is -0.892. The molecule has 0 heterocycles. The van der Waals surface area contributed by atoms with Crippen LogP contribution in [0.3, 0.4) is 0 Å². The van der Waals surface area contributed by atoms with Gasteiger partial charge < -0.3 is 4.74 Å². The third-order valence-electron chi connectivity index (χ3n) is 4.93. The Balaban J connectivity index is 2.63. The number of rotatable bonds is 7. The molecule has 1 aliphatic rings. The molecule has 0 aromatic heterocycles. The van der Waals surface area contributed by atoms with Crippen molar-refractivity contribution in [3.8, 4) is 0 Å². The topological polar surface area (TPSA) is 43.4 Å². The number of hydrogen-bond donors (Lipinski definition) is 0. The van der Waals surface area contributed by atoms with Crippen LogP contribution in [-0.4, -0.2) is 18.9 Å². The first-order valence-electron chi connectivity index (χ1n) is 8.69. The van der Waals surface area contributed by atoms with E-state index in [-0.39, 0.29) is 17.2 Å². The highest BCUT2D eigenvalue weighted by molar-refractivity contribution is 6.00. The summed E-state index contributed by atoms with van der Waals surface area (Å²) in [5.41, 5.74) is 2.47. The van der Waals surface area contributed by atoms with Crippen molar-refractivity contribution in [1.82, 2.24) is 0 Å². The van der Waals surface area contributed by atoms with Crippen LogP contribution in [0.1, 0.15) is 72.6 Å². The fourth-order valence-corrected chi connectivity index (χ4v) is 3.49. The van der Waals surface area contributed by atoms with Crippen molar-refractivity contribution in [3.63, 3.8) is 0 Å². The van der Waals surface area contributed by atoms with Gasteiger partial charge in [-0.3, -0.25) is 9.59 Å². The Kier molecular flexibility index (Phi) is 7.74. The zero-order valence-corrected chi connectivity index (χ0v) is 15.4. The van der Waals surface area contributed by atoms with E-state index in [0.717, 1.165) is 38.5 Å². The molecule has 3 heteroatoms. The first-order chi connectivity index (χ1) is 10.8. The van der Waals surface area contributed by atoms with E-state index in [1.54, 1.807) is 0 Å². The third-order valence-corrected chi connectivity index (χ3v) is 4.93. The Morgan fingerprint density at radius 3 is 2.57 bits per heavy atom. The number of carbonyl (C=O) groups is 2. The van der Waals surface area contributed by atoms with Gasteiger partial charge in [0.05, 0.1) is 7.11 Å². The number of methoxy groups -OCH3 is 1. The maximum atomic E-state index is 12.2. The third kappa shape index (κ3) is 5.96. The Bertz CT molecular complexity index is 475. The normalized spacial score (nSPS) is 25.2. The molecule has 130 valence electrons. The predicted octanol–water partition coefficient (Wildman–Crippen LogP) is 5.01. The Labute approximate surface area is 141 Å². The van der Waals surface area contributed by atoms with Gasteiger partial charge in [0.2, 0.25) is 0 Å².